The fraction of sp³-hybridized carbons (Fsp3) is 0.500. The summed E-state index contributed by atoms with van der Waals surface area (Å²) in [6.07, 6.45) is 0. The van der Waals surface area contributed by atoms with Crippen molar-refractivity contribution < 1.29 is 13.2 Å². The van der Waals surface area contributed by atoms with E-state index in [4.69, 9.17) is 11.6 Å². The van der Waals surface area contributed by atoms with Gasteiger partial charge in [0, 0.05) is 0 Å². The molecule has 0 saturated heterocycles. The molecule has 0 saturated carbocycles. The van der Waals surface area contributed by atoms with Gasteiger partial charge >= 0.3 is 5.97 Å². The summed E-state index contributed by atoms with van der Waals surface area (Å²) in [6.45, 7) is 0. The minimum atomic E-state index is -0.682. The molecular weight excluding hydrogens is 140 g/mol. The summed E-state index contributed by atoms with van der Waals surface area (Å²) < 4.78 is 13.2. The third-order valence-corrected chi connectivity index (χ3v) is 0.745. The normalized spacial score (nSPS) is 8.14. The van der Waals surface area contributed by atoms with E-state index in [1.807, 2.05) is 0 Å². The molecule has 0 atom stereocenters. The second-order valence-electron chi connectivity index (χ2n) is 0.671. The maximum atomic E-state index is 9.85. The van der Waals surface area contributed by atoms with Gasteiger partial charge in [-0.15, -0.1) is 11.6 Å². The van der Waals surface area contributed by atoms with Gasteiger partial charge in [-0.3, -0.25) is 0 Å². The van der Waals surface area contributed by atoms with Crippen LogP contribution in [0.3, 0.4) is 0 Å². The highest BCUT2D eigenvalue weighted by Gasteiger charge is 1.93. The van der Waals surface area contributed by atoms with Gasteiger partial charge in [-0.2, -0.15) is 0 Å². The van der Waals surface area contributed by atoms with E-state index in [-0.39, 0.29) is 5.88 Å². The Morgan fingerprint density at radius 3 is 2.57 bits per heavy atom. The van der Waals surface area contributed by atoms with Crippen molar-refractivity contribution in [2.45, 2.75) is 0 Å². The molecule has 0 aliphatic carbocycles. The lowest BCUT2D eigenvalue weighted by Gasteiger charge is -1.83. The SMILES string of the molecule is O=[SH]OC(=O)CCl. The first kappa shape index (κ1) is 6.91. The molecule has 0 bridgehead atoms. The number of rotatable bonds is 2. The average Bonchev–Trinajstić information content (AvgIpc) is 1.68. The second-order valence-corrected chi connectivity index (χ2v) is 1.27. The monoisotopic (exact) mass is 142 g/mol. The van der Waals surface area contributed by atoms with Crippen LogP contribution in [0, 0.1) is 0 Å². The third kappa shape index (κ3) is 3.75. The van der Waals surface area contributed by atoms with Gasteiger partial charge in [0.1, 0.15) is 5.88 Å². The van der Waals surface area contributed by atoms with Crippen molar-refractivity contribution in [1.29, 1.82) is 0 Å². The number of carbonyl (C=O) groups excluding carboxylic acids is 1. The molecule has 3 nitrogen and oxygen atoms in total. The van der Waals surface area contributed by atoms with Gasteiger partial charge in [0.25, 0.3) is 0 Å². The molecule has 0 heterocycles. The molecule has 7 heavy (non-hydrogen) atoms. The van der Waals surface area contributed by atoms with Crippen LogP contribution in [0.4, 0.5) is 0 Å². The summed E-state index contributed by atoms with van der Waals surface area (Å²) in [7, 11) is 0. The molecule has 0 aromatic rings. The minimum Gasteiger partial charge on any atom is -0.365 e. The van der Waals surface area contributed by atoms with Crippen molar-refractivity contribution in [2.75, 3.05) is 5.88 Å². The van der Waals surface area contributed by atoms with Gasteiger partial charge in [-0.25, -0.2) is 9.00 Å². The summed E-state index contributed by atoms with van der Waals surface area (Å²) in [4.78, 5) is 9.85. The third-order valence-electron chi connectivity index (χ3n) is 0.248. The van der Waals surface area contributed by atoms with Crippen molar-refractivity contribution in [2.24, 2.45) is 0 Å². The van der Waals surface area contributed by atoms with Crippen molar-refractivity contribution >= 4 is 29.5 Å². The number of carbonyl (C=O) groups is 1. The van der Waals surface area contributed by atoms with Crippen molar-refractivity contribution in [1.82, 2.24) is 0 Å². The molecule has 0 aliphatic heterocycles. The molecule has 0 rings (SSSR count). The predicted molar refractivity (Wildman–Crippen MR) is 26.3 cm³/mol. The Morgan fingerprint density at radius 2 is 2.43 bits per heavy atom. The largest absolute Gasteiger partial charge is 0.365 e. The highest BCUT2D eigenvalue weighted by Crippen LogP contribution is 1.78. The van der Waals surface area contributed by atoms with E-state index < -0.39 is 17.9 Å². The van der Waals surface area contributed by atoms with Crippen molar-refractivity contribution in [3.05, 3.63) is 0 Å². The Hall–Kier alpha value is -0.0900. The zero-order chi connectivity index (χ0) is 5.70. The molecule has 0 aliphatic rings. The van der Waals surface area contributed by atoms with Gasteiger partial charge in [0.2, 0.25) is 0 Å². The van der Waals surface area contributed by atoms with Gasteiger partial charge < -0.3 is 4.18 Å². The van der Waals surface area contributed by atoms with Crippen LogP contribution in [0.2, 0.25) is 0 Å². The van der Waals surface area contributed by atoms with E-state index in [0.717, 1.165) is 0 Å². The highest BCUT2D eigenvalue weighted by molar-refractivity contribution is 7.60. The Balaban J connectivity index is 3.17. The summed E-state index contributed by atoms with van der Waals surface area (Å²) >= 11 is 4.27. The minimum absolute atomic E-state index is 0.255. The summed E-state index contributed by atoms with van der Waals surface area (Å²) in [5, 5.41) is 0. The van der Waals surface area contributed by atoms with Crippen LogP contribution >= 0.6 is 11.6 Å². The first-order chi connectivity index (χ1) is 3.31. The maximum absolute atomic E-state index is 9.85. The predicted octanol–water partition coefficient (Wildman–Crippen LogP) is -0.371. The summed E-state index contributed by atoms with van der Waals surface area (Å²) in [5.74, 6) is -0.937. The van der Waals surface area contributed by atoms with E-state index >= 15 is 0 Å². The molecular formula is C2H3ClO3S. The van der Waals surface area contributed by atoms with Gasteiger partial charge in [-0.05, 0) is 0 Å². The van der Waals surface area contributed by atoms with Gasteiger partial charge in [-0.1, -0.05) is 0 Å². The number of hydrogen-bond donors (Lipinski definition) is 1. The van der Waals surface area contributed by atoms with Gasteiger partial charge in [0.15, 0.2) is 11.9 Å². The Labute approximate surface area is 49.3 Å². The van der Waals surface area contributed by atoms with E-state index in [2.05, 4.69) is 4.18 Å². The van der Waals surface area contributed by atoms with E-state index in [0.29, 0.717) is 0 Å². The zero-order valence-electron chi connectivity index (χ0n) is 3.26. The molecule has 0 amide bonds. The second kappa shape index (κ2) is 4.08. The lowest BCUT2D eigenvalue weighted by atomic mass is 10.8. The van der Waals surface area contributed by atoms with Crippen LogP contribution in [-0.4, -0.2) is 16.1 Å². The number of thiol groups is 1. The summed E-state index contributed by atoms with van der Waals surface area (Å²) in [6, 6.07) is 0. The number of alkyl halides is 1. The quantitative estimate of drug-likeness (QED) is 0.423. The van der Waals surface area contributed by atoms with Crippen molar-refractivity contribution in [3.63, 3.8) is 0 Å². The molecule has 0 spiro atoms. The standard InChI is InChI=1S/C2H3ClO3S/c3-1-2(4)6-7-5/h7H,1H2. The van der Waals surface area contributed by atoms with Crippen LogP contribution in [-0.2, 0) is 20.9 Å². The Kier molecular flexibility index (Phi) is 4.03. The fourth-order valence-electron chi connectivity index (χ4n) is 0.0660. The average molecular weight is 143 g/mol. The maximum Gasteiger partial charge on any atom is 0.334 e. The lowest BCUT2D eigenvalue weighted by molar-refractivity contribution is -0.130. The Morgan fingerprint density at radius 1 is 1.86 bits per heavy atom. The molecule has 0 fully saturated rings. The van der Waals surface area contributed by atoms with Crippen LogP contribution in [0.15, 0.2) is 0 Å². The first-order valence-corrected chi connectivity index (χ1v) is 2.66. The number of hydrogen-bond acceptors (Lipinski definition) is 3. The smallest absolute Gasteiger partial charge is 0.334 e. The van der Waals surface area contributed by atoms with E-state index in [1.54, 1.807) is 0 Å². The molecule has 42 valence electrons. The van der Waals surface area contributed by atoms with Crippen LogP contribution in [0.1, 0.15) is 0 Å². The van der Waals surface area contributed by atoms with E-state index in [1.165, 1.54) is 0 Å². The summed E-state index contributed by atoms with van der Waals surface area (Å²) in [5.41, 5.74) is 0. The van der Waals surface area contributed by atoms with Crippen LogP contribution < -0.4 is 0 Å². The van der Waals surface area contributed by atoms with Crippen molar-refractivity contribution in [3.8, 4) is 0 Å². The van der Waals surface area contributed by atoms with Crippen LogP contribution in [0.25, 0.3) is 0 Å². The molecule has 0 aromatic heterocycles. The van der Waals surface area contributed by atoms with Gasteiger partial charge in [0.05, 0.1) is 0 Å². The molecule has 0 unspecified atom stereocenters. The molecule has 0 N–H and O–H groups in total. The molecule has 0 aromatic carbocycles. The Bertz CT molecular complexity index is 83.0. The molecule has 0 radical (unpaired) electrons. The van der Waals surface area contributed by atoms with Crippen LogP contribution in [0.5, 0.6) is 0 Å². The zero-order valence-corrected chi connectivity index (χ0v) is 4.91. The fourth-order valence-corrected chi connectivity index (χ4v) is 0.344. The van der Waals surface area contributed by atoms with E-state index in [9.17, 15) is 9.00 Å². The molecule has 5 heteroatoms. The first-order valence-electron chi connectivity index (χ1n) is 1.39. The topological polar surface area (TPSA) is 43.4 Å². The lowest BCUT2D eigenvalue weighted by Crippen LogP contribution is -2.00. The highest BCUT2D eigenvalue weighted by atomic mass is 35.5. The number of halogens is 1.